The molecule has 1 aliphatic carbocycles. The van der Waals surface area contributed by atoms with E-state index in [1.54, 1.807) is 6.07 Å². The van der Waals surface area contributed by atoms with Gasteiger partial charge in [0.1, 0.15) is 11.4 Å². The number of benzene rings is 2. The SMILES string of the molecule is CNC(=O)c1cccc(Nc2c(N[C@@H](c3ccccc3)C3CC3)c(=O)c2=O)c1O. The molecule has 0 unspecified atom stereocenters. The molecule has 1 amide bonds. The first-order valence-electron chi connectivity index (χ1n) is 9.47. The molecule has 0 bridgehead atoms. The summed E-state index contributed by atoms with van der Waals surface area (Å²) in [5.74, 6) is -0.334. The van der Waals surface area contributed by atoms with Crippen LogP contribution in [0.1, 0.15) is 34.8 Å². The van der Waals surface area contributed by atoms with Crippen molar-refractivity contribution < 1.29 is 9.90 Å². The van der Waals surface area contributed by atoms with E-state index < -0.39 is 16.8 Å². The zero-order valence-corrected chi connectivity index (χ0v) is 15.9. The molecule has 1 aliphatic rings. The lowest BCUT2D eigenvalue weighted by Gasteiger charge is -2.23. The number of phenolic OH excluding ortho intramolecular Hbond substituents is 1. The number of carbonyl (C=O) groups is 1. The summed E-state index contributed by atoms with van der Waals surface area (Å²) >= 11 is 0. The van der Waals surface area contributed by atoms with Crippen molar-refractivity contribution in [3.8, 4) is 5.75 Å². The van der Waals surface area contributed by atoms with Crippen molar-refractivity contribution in [2.45, 2.75) is 18.9 Å². The molecule has 1 saturated carbocycles. The van der Waals surface area contributed by atoms with E-state index >= 15 is 0 Å². The van der Waals surface area contributed by atoms with Crippen LogP contribution in [0.15, 0.2) is 58.1 Å². The third-order valence-corrected chi connectivity index (χ3v) is 5.23. The minimum absolute atomic E-state index is 0.0640. The Balaban J connectivity index is 1.63. The summed E-state index contributed by atoms with van der Waals surface area (Å²) in [4.78, 5) is 36.3. The molecule has 1 atom stereocenters. The average Bonchev–Trinajstić information content (AvgIpc) is 3.59. The zero-order valence-electron chi connectivity index (χ0n) is 15.9. The van der Waals surface area contributed by atoms with Gasteiger partial charge in [-0.2, -0.15) is 0 Å². The molecule has 3 aromatic rings. The molecule has 0 radical (unpaired) electrons. The normalized spacial score (nSPS) is 14.4. The predicted octanol–water partition coefficient (Wildman–Crippen LogP) is 2.65. The number of hydrogen-bond donors (Lipinski definition) is 4. The van der Waals surface area contributed by atoms with E-state index in [0.717, 1.165) is 18.4 Å². The molecule has 7 heteroatoms. The topological polar surface area (TPSA) is 108 Å². The average molecular weight is 391 g/mol. The van der Waals surface area contributed by atoms with Crippen LogP contribution < -0.4 is 26.8 Å². The molecule has 0 aliphatic heterocycles. The Morgan fingerprint density at radius 1 is 1.00 bits per heavy atom. The molecule has 4 rings (SSSR count). The predicted molar refractivity (Wildman–Crippen MR) is 112 cm³/mol. The lowest BCUT2D eigenvalue weighted by molar-refractivity contribution is 0.0960. The van der Waals surface area contributed by atoms with E-state index in [1.165, 1.54) is 19.2 Å². The van der Waals surface area contributed by atoms with E-state index in [4.69, 9.17) is 0 Å². The van der Waals surface area contributed by atoms with E-state index in [1.807, 2.05) is 30.3 Å². The number of phenols is 1. The van der Waals surface area contributed by atoms with Crippen molar-refractivity contribution in [1.29, 1.82) is 0 Å². The molecule has 0 spiro atoms. The number of carbonyl (C=O) groups excluding carboxylic acids is 1. The Labute approximate surface area is 167 Å². The minimum Gasteiger partial charge on any atom is -0.505 e. The van der Waals surface area contributed by atoms with E-state index in [0.29, 0.717) is 5.92 Å². The molecule has 7 nitrogen and oxygen atoms in total. The standard InChI is InChI=1S/C22H21N3O4/c1-23-22(29)14-8-5-9-15(19(14)26)24-17-18(21(28)20(17)27)25-16(13-10-11-13)12-6-3-2-4-7-12/h2-9,13,16,24-26H,10-11H2,1H3,(H,23,29)/t16-/m0/s1. The molecule has 0 aromatic heterocycles. The Morgan fingerprint density at radius 3 is 2.34 bits per heavy atom. The number of amides is 1. The molecule has 148 valence electrons. The van der Waals surface area contributed by atoms with Crippen LogP contribution in [0.3, 0.4) is 0 Å². The lowest BCUT2D eigenvalue weighted by atomic mass is 10.0. The van der Waals surface area contributed by atoms with Crippen molar-refractivity contribution in [1.82, 2.24) is 5.32 Å². The maximum atomic E-state index is 12.2. The quantitative estimate of drug-likeness (QED) is 0.364. The van der Waals surface area contributed by atoms with Crippen LogP contribution in [-0.4, -0.2) is 18.1 Å². The second kappa shape index (κ2) is 7.43. The molecule has 3 aromatic carbocycles. The van der Waals surface area contributed by atoms with E-state index in [9.17, 15) is 19.5 Å². The first kappa shape index (κ1) is 18.7. The van der Waals surface area contributed by atoms with Crippen molar-refractivity contribution in [2.75, 3.05) is 17.7 Å². The maximum absolute atomic E-state index is 12.2. The fourth-order valence-electron chi connectivity index (χ4n) is 3.46. The van der Waals surface area contributed by atoms with Gasteiger partial charge in [-0.25, -0.2) is 0 Å². The van der Waals surface area contributed by atoms with Crippen LogP contribution in [0.5, 0.6) is 5.75 Å². The maximum Gasteiger partial charge on any atom is 0.254 e. The third kappa shape index (κ3) is 3.47. The second-order valence-electron chi connectivity index (χ2n) is 7.18. The van der Waals surface area contributed by atoms with E-state index in [2.05, 4.69) is 16.0 Å². The monoisotopic (exact) mass is 391 g/mol. The molecule has 0 saturated heterocycles. The van der Waals surface area contributed by atoms with E-state index in [-0.39, 0.29) is 34.4 Å². The number of para-hydroxylation sites is 1. The first-order chi connectivity index (χ1) is 14.0. The van der Waals surface area contributed by atoms with Crippen LogP contribution >= 0.6 is 0 Å². The smallest absolute Gasteiger partial charge is 0.254 e. The largest absolute Gasteiger partial charge is 0.505 e. The van der Waals surface area contributed by atoms with Gasteiger partial charge in [0, 0.05) is 7.05 Å². The molecule has 29 heavy (non-hydrogen) atoms. The number of anilines is 3. The van der Waals surface area contributed by atoms with Crippen LogP contribution in [0.2, 0.25) is 0 Å². The minimum atomic E-state index is -0.653. The Morgan fingerprint density at radius 2 is 1.69 bits per heavy atom. The van der Waals surface area contributed by atoms with Gasteiger partial charge in [0.15, 0.2) is 5.75 Å². The summed E-state index contributed by atoms with van der Waals surface area (Å²) in [5.41, 5.74) is 0.380. The van der Waals surface area contributed by atoms with Crippen LogP contribution in [0.4, 0.5) is 17.1 Å². The van der Waals surface area contributed by atoms with Crippen molar-refractivity contribution >= 4 is 23.0 Å². The molecule has 0 heterocycles. The Hall–Kier alpha value is -3.61. The summed E-state index contributed by atoms with van der Waals surface area (Å²) in [6, 6.07) is 14.3. The Kier molecular flexibility index (Phi) is 4.80. The summed E-state index contributed by atoms with van der Waals surface area (Å²) in [7, 11) is 1.46. The summed E-state index contributed by atoms with van der Waals surface area (Å²) in [6.07, 6.45) is 2.11. The van der Waals surface area contributed by atoms with Gasteiger partial charge in [-0.15, -0.1) is 0 Å². The summed E-state index contributed by atoms with van der Waals surface area (Å²) in [5, 5.41) is 18.9. The fraction of sp³-hybridized carbons (Fsp3) is 0.227. The van der Waals surface area contributed by atoms with Crippen molar-refractivity contribution in [3.05, 3.63) is 80.1 Å². The van der Waals surface area contributed by atoms with Crippen LogP contribution in [0, 0.1) is 5.92 Å². The molecule has 1 fully saturated rings. The summed E-state index contributed by atoms with van der Waals surface area (Å²) < 4.78 is 0. The highest BCUT2D eigenvalue weighted by Crippen LogP contribution is 2.43. The van der Waals surface area contributed by atoms with Gasteiger partial charge in [-0.05, 0) is 36.5 Å². The van der Waals surface area contributed by atoms with Gasteiger partial charge in [0.25, 0.3) is 16.8 Å². The number of rotatable bonds is 7. The van der Waals surface area contributed by atoms with Gasteiger partial charge in [-0.1, -0.05) is 36.4 Å². The van der Waals surface area contributed by atoms with Gasteiger partial charge in [-0.3, -0.25) is 14.4 Å². The molecular formula is C22H21N3O4. The highest BCUT2D eigenvalue weighted by molar-refractivity contribution is 5.99. The number of aromatic hydroxyl groups is 1. The Bertz CT molecular complexity index is 1130. The van der Waals surface area contributed by atoms with Gasteiger partial charge in [0.2, 0.25) is 0 Å². The highest BCUT2D eigenvalue weighted by Gasteiger charge is 2.35. The molecular weight excluding hydrogens is 370 g/mol. The van der Waals surface area contributed by atoms with Crippen LogP contribution in [-0.2, 0) is 0 Å². The van der Waals surface area contributed by atoms with Crippen LogP contribution in [0.25, 0.3) is 0 Å². The van der Waals surface area contributed by atoms with Gasteiger partial charge < -0.3 is 21.1 Å². The van der Waals surface area contributed by atoms with Gasteiger partial charge >= 0.3 is 0 Å². The van der Waals surface area contributed by atoms with Crippen molar-refractivity contribution in [3.63, 3.8) is 0 Å². The summed E-state index contributed by atoms with van der Waals surface area (Å²) in [6.45, 7) is 0. The number of nitrogens with one attached hydrogen (secondary N) is 3. The number of hydrogen-bond acceptors (Lipinski definition) is 6. The molecule has 4 N–H and O–H groups in total. The second-order valence-corrected chi connectivity index (χ2v) is 7.18. The van der Waals surface area contributed by atoms with Gasteiger partial charge in [0.05, 0.1) is 17.3 Å². The van der Waals surface area contributed by atoms with Crippen molar-refractivity contribution in [2.24, 2.45) is 5.92 Å². The third-order valence-electron chi connectivity index (χ3n) is 5.23. The highest BCUT2D eigenvalue weighted by atomic mass is 16.3. The zero-order chi connectivity index (χ0) is 20.5. The lowest BCUT2D eigenvalue weighted by Crippen LogP contribution is -2.37. The first-order valence-corrected chi connectivity index (χ1v) is 9.47. The fourth-order valence-corrected chi connectivity index (χ4v) is 3.46.